The molecule has 5 nitrogen and oxygen atoms in total. The van der Waals surface area contributed by atoms with Crippen LogP contribution in [0.25, 0.3) is 0 Å². The first-order valence-corrected chi connectivity index (χ1v) is 5.39. The van der Waals surface area contributed by atoms with Crippen LogP contribution in [0.5, 0.6) is 0 Å². The van der Waals surface area contributed by atoms with Crippen LogP contribution in [0, 0.1) is 0 Å². The molecule has 4 N–H and O–H groups in total. The van der Waals surface area contributed by atoms with Crippen molar-refractivity contribution in [2.75, 3.05) is 6.54 Å². The van der Waals surface area contributed by atoms with Crippen LogP contribution in [-0.4, -0.2) is 29.6 Å². The number of aliphatic carboxylic acids is 1. The molecule has 1 atom stereocenters. The van der Waals surface area contributed by atoms with Gasteiger partial charge in [-0.25, -0.2) is 4.79 Å². The lowest BCUT2D eigenvalue weighted by molar-refractivity contribution is -0.141. The molecular weight excluding hydrogens is 220 g/mol. The maximum Gasteiger partial charge on any atom is 0.326 e. The lowest BCUT2D eigenvalue weighted by Crippen LogP contribution is -2.42. The number of carbonyl (C=O) groups excluding carboxylic acids is 1. The van der Waals surface area contributed by atoms with Crippen molar-refractivity contribution < 1.29 is 14.7 Å². The average Bonchev–Trinajstić information content (AvgIpc) is 2.29. The van der Waals surface area contributed by atoms with Gasteiger partial charge in [0.25, 0.3) is 0 Å². The van der Waals surface area contributed by atoms with Gasteiger partial charge in [0, 0.05) is 19.4 Å². The Bertz CT molecular complexity index is 379. The zero-order chi connectivity index (χ0) is 12.7. The lowest BCUT2D eigenvalue weighted by atomic mass is 10.1. The summed E-state index contributed by atoms with van der Waals surface area (Å²) in [5, 5.41) is 11.5. The van der Waals surface area contributed by atoms with Gasteiger partial charge in [-0.2, -0.15) is 0 Å². The number of carboxylic acid groups (broad SMARTS) is 1. The summed E-state index contributed by atoms with van der Waals surface area (Å²) >= 11 is 0. The molecule has 1 amide bonds. The second kappa shape index (κ2) is 6.65. The van der Waals surface area contributed by atoms with E-state index in [1.165, 1.54) is 0 Å². The van der Waals surface area contributed by atoms with E-state index in [0.29, 0.717) is 0 Å². The molecule has 0 aliphatic rings. The highest BCUT2D eigenvalue weighted by Gasteiger charge is 2.19. The van der Waals surface area contributed by atoms with E-state index >= 15 is 0 Å². The van der Waals surface area contributed by atoms with Crippen LogP contribution >= 0.6 is 0 Å². The number of amides is 1. The van der Waals surface area contributed by atoms with E-state index in [-0.39, 0.29) is 25.3 Å². The molecule has 0 unspecified atom stereocenters. The van der Waals surface area contributed by atoms with Gasteiger partial charge in [0.05, 0.1) is 0 Å². The molecule has 0 saturated heterocycles. The first-order valence-electron chi connectivity index (χ1n) is 5.39. The molecule has 0 radical (unpaired) electrons. The normalized spacial score (nSPS) is 11.8. The Kier molecular flexibility index (Phi) is 5.16. The van der Waals surface area contributed by atoms with Crippen molar-refractivity contribution >= 4 is 11.9 Å². The van der Waals surface area contributed by atoms with Crippen molar-refractivity contribution in [3.8, 4) is 0 Å². The average molecular weight is 236 g/mol. The highest BCUT2D eigenvalue weighted by atomic mass is 16.4. The quantitative estimate of drug-likeness (QED) is 0.655. The molecule has 17 heavy (non-hydrogen) atoms. The number of nitrogens with two attached hydrogens (primary N) is 1. The highest BCUT2D eigenvalue weighted by molar-refractivity contribution is 5.83. The van der Waals surface area contributed by atoms with Gasteiger partial charge in [0.2, 0.25) is 5.91 Å². The second-order valence-corrected chi connectivity index (χ2v) is 3.69. The van der Waals surface area contributed by atoms with E-state index < -0.39 is 12.0 Å². The Labute approximate surface area is 99.6 Å². The van der Waals surface area contributed by atoms with Crippen molar-refractivity contribution in [1.82, 2.24) is 5.32 Å². The SMILES string of the molecule is NCCC(=O)N[C@@H](Cc1ccccc1)C(=O)O. The van der Waals surface area contributed by atoms with Gasteiger partial charge in [-0.1, -0.05) is 30.3 Å². The van der Waals surface area contributed by atoms with Crippen molar-refractivity contribution in [2.24, 2.45) is 5.73 Å². The minimum Gasteiger partial charge on any atom is -0.480 e. The fourth-order valence-electron chi connectivity index (χ4n) is 1.45. The van der Waals surface area contributed by atoms with Gasteiger partial charge >= 0.3 is 5.97 Å². The Morgan fingerprint density at radius 2 is 1.94 bits per heavy atom. The number of rotatable bonds is 6. The summed E-state index contributed by atoms with van der Waals surface area (Å²) in [5.74, 6) is -1.38. The lowest BCUT2D eigenvalue weighted by Gasteiger charge is -2.14. The van der Waals surface area contributed by atoms with Crippen LogP contribution in [0.2, 0.25) is 0 Å². The number of benzene rings is 1. The fraction of sp³-hybridized carbons (Fsp3) is 0.333. The van der Waals surface area contributed by atoms with E-state index in [0.717, 1.165) is 5.56 Å². The molecule has 1 aromatic rings. The van der Waals surface area contributed by atoms with Crippen LogP contribution in [0.15, 0.2) is 30.3 Å². The molecule has 0 heterocycles. The summed E-state index contributed by atoms with van der Waals surface area (Å²) in [6.45, 7) is 0.212. The van der Waals surface area contributed by atoms with Gasteiger partial charge in [0.1, 0.15) is 6.04 Å². The van der Waals surface area contributed by atoms with Crippen molar-refractivity contribution in [2.45, 2.75) is 18.9 Å². The summed E-state index contributed by atoms with van der Waals surface area (Å²) in [6.07, 6.45) is 0.408. The molecule has 5 heteroatoms. The Morgan fingerprint density at radius 3 is 2.47 bits per heavy atom. The van der Waals surface area contributed by atoms with E-state index in [1.807, 2.05) is 30.3 Å². The van der Waals surface area contributed by atoms with Crippen LogP contribution < -0.4 is 11.1 Å². The Balaban J connectivity index is 2.61. The van der Waals surface area contributed by atoms with E-state index in [1.54, 1.807) is 0 Å². The topological polar surface area (TPSA) is 92.4 Å². The molecule has 0 aliphatic carbocycles. The maximum absolute atomic E-state index is 11.3. The number of carbonyl (C=O) groups is 2. The van der Waals surface area contributed by atoms with Crippen LogP contribution in [0.4, 0.5) is 0 Å². The number of hydrogen-bond donors (Lipinski definition) is 3. The molecule has 0 bridgehead atoms. The fourth-order valence-corrected chi connectivity index (χ4v) is 1.45. The first kappa shape index (κ1) is 13.2. The minimum atomic E-state index is -1.04. The van der Waals surface area contributed by atoms with Crippen LogP contribution in [0.3, 0.4) is 0 Å². The van der Waals surface area contributed by atoms with E-state index in [4.69, 9.17) is 10.8 Å². The van der Waals surface area contributed by atoms with Crippen molar-refractivity contribution in [1.29, 1.82) is 0 Å². The van der Waals surface area contributed by atoms with E-state index in [9.17, 15) is 9.59 Å². The van der Waals surface area contributed by atoms with Gasteiger partial charge in [0.15, 0.2) is 0 Å². The molecule has 1 aromatic carbocycles. The largest absolute Gasteiger partial charge is 0.480 e. The molecule has 0 aromatic heterocycles. The molecule has 0 aliphatic heterocycles. The number of hydrogen-bond acceptors (Lipinski definition) is 3. The number of carboxylic acids is 1. The van der Waals surface area contributed by atoms with Gasteiger partial charge in [-0.15, -0.1) is 0 Å². The van der Waals surface area contributed by atoms with Gasteiger partial charge < -0.3 is 16.2 Å². The Hall–Kier alpha value is -1.88. The third-order valence-electron chi connectivity index (χ3n) is 2.29. The smallest absolute Gasteiger partial charge is 0.326 e. The summed E-state index contributed by atoms with van der Waals surface area (Å²) in [6, 6.07) is 8.25. The van der Waals surface area contributed by atoms with Crippen LogP contribution in [0.1, 0.15) is 12.0 Å². The molecule has 0 fully saturated rings. The third kappa shape index (κ3) is 4.65. The summed E-state index contributed by atoms with van der Waals surface area (Å²) in [5.41, 5.74) is 6.09. The summed E-state index contributed by atoms with van der Waals surface area (Å²) < 4.78 is 0. The second-order valence-electron chi connectivity index (χ2n) is 3.69. The molecule has 0 saturated carbocycles. The monoisotopic (exact) mass is 236 g/mol. The van der Waals surface area contributed by atoms with Crippen molar-refractivity contribution in [3.05, 3.63) is 35.9 Å². The Morgan fingerprint density at radius 1 is 1.29 bits per heavy atom. The first-order chi connectivity index (χ1) is 8.13. The summed E-state index contributed by atoms with van der Waals surface area (Å²) in [4.78, 5) is 22.3. The van der Waals surface area contributed by atoms with Crippen LogP contribution in [-0.2, 0) is 16.0 Å². The molecule has 1 rings (SSSR count). The van der Waals surface area contributed by atoms with Gasteiger partial charge in [-0.05, 0) is 5.56 Å². The summed E-state index contributed by atoms with van der Waals surface area (Å²) in [7, 11) is 0. The molecule has 0 spiro atoms. The number of nitrogens with one attached hydrogen (secondary N) is 1. The molecule has 92 valence electrons. The standard InChI is InChI=1S/C12H16N2O3/c13-7-6-11(15)14-10(12(16)17)8-9-4-2-1-3-5-9/h1-5,10H,6-8,13H2,(H,14,15)(H,16,17)/t10-/m0/s1. The zero-order valence-corrected chi connectivity index (χ0v) is 9.43. The minimum absolute atomic E-state index is 0.137. The zero-order valence-electron chi connectivity index (χ0n) is 9.43. The third-order valence-corrected chi connectivity index (χ3v) is 2.29. The predicted molar refractivity (Wildman–Crippen MR) is 63.4 cm³/mol. The van der Waals surface area contributed by atoms with Crippen molar-refractivity contribution in [3.63, 3.8) is 0 Å². The van der Waals surface area contributed by atoms with Gasteiger partial charge in [-0.3, -0.25) is 4.79 Å². The highest BCUT2D eigenvalue weighted by Crippen LogP contribution is 2.03. The maximum atomic E-state index is 11.3. The van der Waals surface area contributed by atoms with E-state index in [2.05, 4.69) is 5.32 Å². The predicted octanol–water partition coefficient (Wildman–Crippen LogP) is 0.147. The molecular formula is C12H16N2O3.